The summed E-state index contributed by atoms with van der Waals surface area (Å²) in [6.45, 7) is 16.9. The molecule has 0 radical (unpaired) electrons. The SMILES string of the molecule is C[C@@H]1CC(COC(=O)C2CCC2)OC2[C@H]1[C@@]1(C)CC[C@@]34C[C@@]35CC[C@H](O[C@H]3CN(C6COC6)CCO3)C(C)(C)[C@@H]5CCC4[C@]1(C)[C@H]2O. The first-order chi connectivity index (χ1) is 22.4. The van der Waals surface area contributed by atoms with Gasteiger partial charge in [0.05, 0.1) is 62.7 Å². The zero-order valence-electron chi connectivity index (χ0n) is 29.7. The van der Waals surface area contributed by atoms with Crippen LogP contribution in [0.1, 0.15) is 105 Å². The second-order valence-corrected chi connectivity index (χ2v) is 19.0. The van der Waals surface area contributed by atoms with E-state index in [4.69, 9.17) is 23.7 Å². The van der Waals surface area contributed by atoms with Gasteiger partial charge < -0.3 is 28.8 Å². The zero-order valence-corrected chi connectivity index (χ0v) is 29.7. The van der Waals surface area contributed by atoms with Crippen molar-refractivity contribution in [3.63, 3.8) is 0 Å². The van der Waals surface area contributed by atoms with Gasteiger partial charge in [-0.15, -0.1) is 0 Å². The predicted molar refractivity (Wildman–Crippen MR) is 175 cm³/mol. The maximum atomic E-state index is 12.5. The quantitative estimate of drug-likeness (QED) is 0.371. The first-order valence-electron chi connectivity index (χ1n) is 19.5. The standard InChI is InChI=1S/C39H61NO7/c1-23-17-26(21-45-34(42)24-7-6-8-24)46-32-31(23)36(4)13-14-39-22-38(39)12-11-29(47-30-18-40(15-16-44-30)25-19-43-20-25)35(2,3)27(38)9-10-28(39)37(36,5)33(32)41/h23-33,41H,6-22H2,1-5H3/t23-,26?,27+,28?,29+,30+,31+,32?,33+,36-,37-,38-,39+/m1/s1. The van der Waals surface area contributed by atoms with Gasteiger partial charge in [-0.05, 0) is 110 Å². The second kappa shape index (κ2) is 10.9. The molecule has 3 unspecified atom stereocenters. The summed E-state index contributed by atoms with van der Waals surface area (Å²) in [6, 6.07) is 0.524. The molecule has 3 saturated heterocycles. The molecule has 0 aromatic heterocycles. The summed E-state index contributed by atoms with van der Waals surface area (Å²) in [4.78, 5) is 15.0. The molecule has 9 fully saturated rings. The molecular formula is C39H61NO7. The molecule has 3 heterocycles. The molecule has 47 heavy (non-hydrogen) atoms. The van der Waals surface area contributed by atoms with E-state index in [0.29, 0.717) is 47.2 Å². The number of carbonyl (C=O) groups is 1. The first kappa shape index (κ1) is 32.2. The lowest BCUT2D eigenvalue weighted by molar-refractivity contribution is -0.256. The van der Waals surface area contributed by atoms with Crippen molar-refractivity contribution in [1.29, 1.82) is 0 Å². The monoisotopic (exact) mass is 655 g/mol. The number of morpholine rings is 1. The summed E-state index contributed by atoms with van der Waals surface area (Å²) in [5.41, 5.74) is 0.642. The van der Waals surface area contributed by atoms with E-state index in [-0.39, 0.29) is 52.7 Å². The Hall–Kier alpha value is -0.770. The van der Waals surface area contributed by atoms with Crippen LogP contribution >= 0.6 is 0 Å². The van der Waals surface area contributed by atoms with Gasteiger partial charge in [0.15, 0.2) is 6.29 Å². The average molecular weight is 656 g/mol. The lowest BCUT2D eigenvalue weighted by Crippen LogP contribution is -2.60. The summed E-state index contributed by atoms with van der Waals surface area (Å²) in [7, 11) is 0. The Labute approximate surface area is 282 Å². The first-order valence-corrected chi connectivity index (χ1v) is 19.5. The molecule has 3 aliphatic heterocycles. The smallest absolute Gasteiger partial charge is 0.309 e. The van der Waals surface area contributed by atoms with E-state index >= 15 is 0 Å². The highest BCUT2D eigenvalue weighted by Gasteiger charge is 2.84. The number of fused-ring (bicyclic) bond motifs is 4. The van der Waals surface area contributed by atoms with E-state index in [1.54, 1.807) is 0 Å². The molecule has 0 amide bonds. The summed E-state index contributed by atoms with van der Waals surface area (Å²) >= 11 is 0. The number of carbonyl (C=O) groups excluding carboxylic acids is 1. The highest BCUT2D eigenvalue weighted by Crippen LogP contribution is 2.89. The number of rotatable bonds is 6. The fourth-order valence-electron chi connectivity index (χ4n) is 14.3. The van der Waals surface area contributed by atoms with Crippen LogP contribution in [0.5, 0.6) is 0 Å². The molecule has 13 atom stereocenters. The molecule has 264 valence electrons. The largest absolute Gasteiger partial charge is 0.463 e. The van der Waals surface area contributed by atoms with Crippen molar-refractivity contribution in [1.82, 2.24) is 4.90 Å². The summed E-state index contributed by atoms with van der Waals surface area (Å²) in [5, 5.41) is 12.5. The number of nitrogens with zero attached hydrogens (tertiary/aromatic N) is 1. The van der Waals surface area contributed by atoms with Gasteiger partial charge in [0.25, 0.3) is 0 Å². The van der Waals surface area contributed by atoms with Gasteiger partial charge in [-0.2, -0.15) is 0 Å². The number of aliphatic hydroxyl groups excluding tert-OH is 1. The van der Waals surface area contributed by atoms with E-state index in [0.717, 1.165) is 65.0 Å². The van der Waals surface area contributed by atoms with E-state index in [1.165, 1.54) is 38.5 Å². The molecular weight excluding hydrogens is 594 g/mol. The lowest BCUT2D eigenvalue weighted by Gasteiger charge is -2.64. The molecule has 2 spiro atoms. The van der Waals surface area contributed by atoms with Crippen LogP contribution in [-0.2, 0) is 28.5 Å². The molecule has 9 rings (SSSR count). The van der Waals surface area contributed by atoms with Crippen LogP contribution in [0.25, 0.3) is 0 Å². The Bertz CT molecular complexity index is 1250. The van der Waals surface area contributed by atoms with Gasteiger partial charge in [-0.25, -0.2) is 0 Å². The minimum absolute atomic E-state index is 0.0438. The van der Waals surface area contributed by atoms with Crippen molar-refractivity contribution in [2.75, 3.05) is 39.5 Å². The Morgan fingerprint density at radius 1 is 0.979 bits per heavy atom. The van der Waals surface area contributed by atoms with Crippen molar-refractivity contribution >= 4 is 5.97 Å². The Balaban J connectivity index is 0.918. The molecule has 6 aliphatic carbocycles. The molecule has 9 aliphatic rings. The molecule has 1 N–H and O–H groups in total. The minimum atomic E-state index is -0.485. The Morgan fingerprint density at radius 2 is 1.74 bits per heavy atom. The minimum Gasteiger partial charge on any atom is -0.463 e. The number of aliphatic hydroxyl groups is 1. The number of hydrogen-bond acceptors (Lipinski definition) is 8. The van der Waals surface area contributed by atoms with E-state index in [1.807, 2.05) is 0 Å². The molecule has 0 aromatic rings. The summed E-state index contributed by atoms with van der Waals surface area (Å²) in [5.74, 6) is 1.97. The molecule has 6 saturated carbocycles. The van der Waals surface area contributed by atoms with Crippen molar-refractivity contribution in [2.24, 2.45) is 56.7 Å². The maximum Gasteiger partial charge on any atom is 0.309 e. The average Bonchev–Trinajstić information content (AvgIpc) is 3.61. The Morgan fingerprint density at radius 3 is 2.47 bits per heavy atom. The van der Waals surface area contributed by atoms with Crippen LogP contribution < -0.4 is 0 Å². The third kappa shape index (κ3) is 4.30. The second-order valence-electron chi connectivity index (χ2n) is 19.0. The van der Waals surface area contributed by atoms with Gasteiger partial charge >= 0.3 is 5.97 Å². The number of ether oxygens (including phenoxy) is 5. The van der Waals surface area contributed by atoms with Crippen LogP contribution in [0, 0.1) is 56.7 Å². The van der Waals surface area contributed by atoms with Crippen LogP contribution in [-0.4, -0.2) is 92.2 Å². The van der Waals surface area contributed by atoms with Crippen LogP contribution in [0.4, 0.5) is 0 Å². The highest BCUT2D eigenvalue weighted by atomic mass is 16.7. The fourth-order valence-corrected chi connectivity index (χ4v) is 14.3. The number of esters is 1. The van der Waals surface area contributed by atoms with Gasteiger partial charge in [-0.1, -0.05) is 41.0 Å². The van der Waals surface area contributed by atoms with Gasteiger partial charge in [-0.3, -0.25) is 9.69 Å². The van der Waals surface area contributed by atoms with Crippen LogP contribution in [0.2, 0.25) is 0 Å². The molecule has 0 bridgehead atoms. The fraction of sp³-hybridized carbons (Fsp3) is 0.974. The summed E-state index contributed by atoms with van der Waals surface area (Å²) < 4.78 is 31.2. The van der Waals surface area contributed by atoms with Crippen molar-refractivity contribution in [3.05, 3.63) is 0 Å². The zero-order chi connectivity index (χ0) is 32.6. The topological polar surface area (TPSA) is 86.7 Å². The molecule has 8 heteroatoms. The van der Waals surface area contributed by atoms with Gasteiger partial charge in [0.2, 0.25) is 0 Å². The van der Waals surface area contributed by atoms with Crippen molar-refractivity contribution in [2.45, 2.75) is 142 Å². The molecule has 8 nitrogen and oxygen atoms in total. The number of hydrogen-bond donors (Lipinski definition) is 1. The lowest BCUT2D eigenvalue weighted by atomic mass is 9.41. The maximum absolute atomic E-state index is 12.5. The van der Waals surface area contributed by atoms with Crippen LogP contribution in [0.15, 0.2) is 0 Å². The van der Waals surface area contributed by atoms with Crippen LogP contribution in [0.3, 0.4) is 0 Å². The summed E-state index contributed by atoms with van der Waals surface area (Å²) in [6.07, 6.45) is 11.8. The van der Waals surface area contributed by atoms with E-state index in [9.17, 15) is 9.90 Å². The normalized spacial score (nSPS) is 53.7. The Kier molecular flexibility index (Phi) is 7.44. The highest BCUT2D eigenvalue weighted by molar-refractivity contribution is 5.73. The van der Waals surface area contributed by atoms with Crippen molar-refractivity contribution < 1.29 is 33.6 Å². The van der Waals surface area contributed by atoms with E-state index < -0.39 is 6.10 Å². The van der Waals surface area contributed by atoms with Gasteiger partial charge in [0.1, 0.15) is 6.61 Å². The predicted octanol–water partition coefficient (Wildman–Crippen LogP) is 5.59. The van der Waals surface area contributed by atoms with E-state index in [2.05, 4.69) is 39.5 Å². The van der Waals surface area contributed by atoms with Gasteiger partial charge in [0, 0.05) is 12.0 Å². The third-order valence-electron chi connectivity index (χ3n) is 17.2. The molecule has 0 aromatic carbocycles. The third-order valence-corrected chi connectivity index (χ3v) is 17.2. The van der Waals surface area contributed by atoms with Crippen molar-refractivity contribution in [3.8, 4) is 0 Å².